The first-order chi connectivity index (χ1) is 10.4. The largest absolute Gasteiger partial charge is 0.361 e. The first kappa shape index (κ1) is 16.2. The van der Waals surface area contributed by atoms with Gasteiger partial charge in [-0.15, -0.1) is 0 Å². The Morgan fingerprint density at radius 2 is 1.82 bits per heavy atom. The highest BCUT2D eigenvalue weighted by atomic mass is 16.5. The molecule has 0 saturated carbocycles. The summed E-state index contributed by atoms with van der Waals surface area (Å²) in [7, 11) is 3.74. The number of hydrogen-bond acceptors (Lipinski definition) is 7. The van der Waals surface area contributed by atoms with E-state index in [1.807, 2.05) is 20.2 Å². The van der Waals surface area contributed by atoms with Crippen molar-refractivity contribution in [3.63, 3.8) is 0 Å². The van der Waals surface area contributed by atoms with Crippen molar-refractivity contribution in [1.29, 1.82) is 0 Å². The zero-order valence-corrected chi connectivity index (χ0v) is 14.1. The van der Waals surface area contributed by atoms with Gasteiger partial charge in [0.25, 0.3) is 5.95 Å². The molecular formula is C15H24N6O. The van der Waals surface area contributed by atoms with Gasteiger partial charge < -0.3 is 14.7 Å². The van der Waals surface area contributed by atoms with Crippen LogP contribution < -0.4 is 10.2 Å². The van der Waals surface area contributed by atoms with Crippen LogP contribution in [0, 0.1) is 0 Å². The van der Waals surface area contributed by atoms with Crippen molar-refractivity contribution >= 4 is 11.8 Å². The molecule has 2 aromatic heterocycles. The number of aromatic nitrogens is 4. The third-order valence-electron chi connectivity index (χ3n) is 3.15. The Morgan fingerprint density at radius 3 is 2.36 bits per heavy atom. The van der Waals surface area contributed by atoms with E-state index in [0.29, 0.717) is 24.3 Å². The molecule has 1 N–H and O–H groups in total. The van der Waals surface area contributed by atoms with Gasteiger partial charge in [-0.2, -0.15) is 4.98 Å². The standard InChI is InChI=1S/C15H24N6O/c1-9(2)11-7-12(18-14(17-11)10(3)4)16-8-13-19-15(20-22-13)21(5)6/h7,9-10H,8H2,1-6H3,(H,16,17,18). The van der Waals surface area contributed by atoms with Gasteiger partial charge in [-0.1, -0.05) is 27.7 Å². The maximum Gasteiger partial charge on any atom is 0.265 e. The number of nitrogens with zero attached hydrogens (tertiary/aromatic N) is 5. The topological polar surface area (TPSA) is 80.0 Å². The van der Waals surface area contributed by atoms with Crippen molar-refractivity contribution in [3.8, 4) is 0 Å². The van der Waals surface area contributed by atoms with Crippen LogP contribution >= 0.6 is 0 Å². The molecule has 0 aliphatic rings. The fraction of sp³-hybridized carbons (Fsp3) is 0.600. The van der Waals surface area contributed by atoms with Crippen LogP contribution in [0.3, 0.4) is 0 Å². The van der Waals surface area contributed by atoms with Gasteiger partial charge in [-0.25, -0.2) is 9.97 Å². The molecule has 7 heteroatoms. The summed E-state index contributed by atoms with van der Waals surface area (Å²) in [5.41, 5.74) is 1.03. The normalized spacial score (nSPS) is 11.3. The van der Waals surface area contributed by atoms with Gasteiger partial charge >= 0.3 is 0 Å². The molecule has 0 aliphatic carbocycles. The van der Waals surface area contributed by atoms with Gasteiger partial charge in [0.1, 0.15) is 11.6 Å². The van der Waals surface area contributed by atoms with Crippen molar-refractivity contribution in [2.24, 2.45) is 0 Å². The van der Waals surface area contributed by atoms with Crippen LogP contribution in [-0.4, -0.2) is 34.2 Å². The third kappa shape index (κ3) is 3.93. The number of anilines is 2. The smallest absolute Gasteiger partial charge is 0.265 e. The molecule has 2 aromatic rings. The van der Waals surface area contributed by atoms with E-state index in [2.05, 4.69) is 53.1 Å². The molecule has 0 unspecified atom stereocenters. The molecule has 0 bridgehead atoms. The minimum atomic E-state index is 0.281. The van der Waals surface area contributed by atoms with E-state index < -0.39 is 0 Å². The Bertz CT molecular complexity index is 594. The average molecular weight is 304 g/mol. The average Bonchev–Trinajstić information content (AvgIpc) is 2.93. The van der Waals surface area contributed by atoms with Gasteiger partial charge in [0, 0.05) is 31.8 Å². The molecule has 0 spiro atoms. The molecule has 0 atom stereocenters. The summed E-state index contributed by atoms with van der Waals surface area (Å²) in [6, 6.07) is 1.97. The summed E-state index contributed by atoms with van der Waals surface area (Å²) in [6.07, 6.45) is 0. The van der Waals surface area contributed by atoms with Crippen LogP contribution in [0.5, 0.6) is 0 Å². The summed E-state index contributed by atoms with van der Waals surface area (Å²) in [5, 5.41) is 7.12. The summed E-state index contributed by atoms with van der Waals surface area (Å²) in [5.74, 6) is 3.35. The van der Waals surface area contributed by atoms with Gasteiger partial charge in [0.15, 0.2) is 0 Å². The Morgan fingerprint density at radius 1 is 1.09 bits per heavy atom. The van der Waals surface area contributed by atoms with Gasteiger partial charge in [0.2, 0.25) is 5.89 Å². The van der Waals surface area contributed by atoms with E-state index in [1.54, 1.807) is 4.90 Å². The predicted molar refractivity (Wildman–Crippen MR) is 86.2 cm³/mol. The first-order valence-corrected chi connectivity index (χ1v) is 7.49. The molecule has 2 heterocycles. The van der Waals surface area contributed by atoms with E-state index in [9.17, 15) is 0 Å². The number of nitrogens with one attached hydrogen (secondary N) is 1. The molecule has 0 aliphatic heterocycles. The van der Waals surface area contributed by atoms with Gasteiger partial charge in [-0.05, 0) is 11.1 Å². The molecule has 0 radical (unpaired) electrons. The third-order valence-corrected chi connectivity index (χ3v) is 3.15. The highest BCUT2D eigenvalue weighted by Crippen LogP contribution is 2.19. The lowest BCUT2D eigenvalue weighted by Gasteiger charge is -2.12. The lowest BCUT2D eigenvalue weighted by atomic mass is 10.1. The Balaban J connectivity index is 2.14. The minimum absolute atomic E-state index is 0.281. The molecule has 7 nitrogen and oxygen atoms in total. The van der Waals surface area contributed by atoms with E-state index in [-0.39, 0.29) is 5.92 Å². The molecule has 0 aromatic carbocycles. The molecule has 0 saturated heterocycles. The van der Waals surface area contributed by atoms with Gasteiger partial charge in [0.05, 0.1) is 6.54 Å². The Hall–Kier alpha value is -2.18. The Labute approximate surface area is 131 Å². The minimum Gasteiger partial charge on any atom is -0.361 e. The monoisotopic (exact) mass is 304 g/mol. The van der Waals surface area contributed by atoms with E-state index >= 15 is 0 Å². The lowest BCUT2D eigenvalue weighted by molar-refractivity contribution is 0.383. The van der Waals surface area contributed by atoms with Crippen LogP contribution in [0.15, 0.2) is 10.6 Å². The highest BCUT2D eigenvalue weighted by Gasteiger charge is 2.12. The zero-order valence-electron chi connectivity index (χ0n) is 14.1. The second kappa shape index (κ2) is 6.72. The number of rotatable bonds is 6. The van der Waals surface area contributed by atoms with Crippen molar-refractivity contribution in [2.45, 2.75) is 46.1 Å². The second-order valence-corrected chi connectivity index (χ2v) is 6.08. The van der Waals surface area contributed by atoms with Gasteiger partial charge in [-0.3, -0.25) is 0 Å². The summed E-state index contributed by atoms with van der Waals surface area (Å²) < 4.78 is 5.19. The summed E-state index contributed by atoms with van der Waals surface area (Å²) >= 11 is 0. The predicted octanol–water partition coefficient (Wildman–Crippen LogP) is 2.78. The second-order valence-electron chi connectivity index (χ2n) is 6.08. The quantitative estimate of drug-likeness (QED) is 0.878. The fourth-order valence-electron chi connectivity index (χ4n) is 1.80. The Kier molecular flexibility index (Phi) is 4.95. The molecule has 0 amide bonds. The zero-order chi connectivity index (χ0) is 16.3. The highest BCUT2D eigenvalue weighted by molar-refractivity contribution is 5.37. The molecular weight excluding hydrogens is 280 g/mol. The van der Waals surface area contributed by atoms with Crippen LogP contribution in [0.4, 0.5) is 11.8 Å². The van der Waals surface area contributed by atoms with Crippen molar-refractivity contribution in [1.82, 2.24) is 20.1 Å². The maximum atomic E-state index is 5.19. The molecule has 120 valence electrons. The summed E-state index contributed by atoms with van der Waals surface area (Å²) in [4.78, 5) is 15.2. The van der Waals surface area contributed by atoms with E-state index in [0.717, 1.165) is 17.3 Å². The van der Waals surface area contributed by atoms with E-state index in [1.165, 1.54) is 0 Å². The fourth-order valence-corrected chi connectivity index (χ4v) is 1.80. The maximum absolute atomic E-state index is 5.19. The SMILES string of the molecule is CC(C)c1cc(NCc2nc(N(C)C)no2)nc(C(C)C)n1. The van der Waals surface area contributed by atoms with E-state index in [4.69, 9.17) is 4.52 Å². The first-order valence-electron chi connectivity index (χ1n) is 7.49. The van der Waals surface area contributed by atoms with Crippen LogP contribution in [-0.2, 0) is 6.54 Å². The van der Waals surface area contributed by atoms with Crippen LogP contribution in [0.25, 0.3) is 0 Å². The number of hydrogen-bond donors (Lipinski definition) is 1. The van der Waals surface area contributed by atoms with Crippen molar-refractivity contribution in [3.05, 3.63) is 23.5 Å². The molecule has 0 fully saturated rings. The molecule has 2 rings (SSSR count). The van der Waals surface area contributed by atoms with Crippen LogP contribution in [0.2, 0.25) is 0 Å². The van der Waals surface area contributed by atoms with Crippen molar-refractivity contribution < 1.29 is 4.52 Å². The lowest BCUT2D eigenvalue weighted by Crippen LogP contribution is -2.11. The van der Waals surface area contributed by atoms with Crippen LogP contribution in [0.1, 0.15) is 56.9 Å². The molecule has 22 heavy (non-hydrogen) atoms. The van der Waals surface area contributed by atoms with Crippen molar-refractivity contribution in [2.75, 3.05) is 24.3 Å². The summed E-state index contributed by atoms with van der Waals surface area (Å²) in [6.45, 7) is 8.86.